The van der Waals surface area contributed by atoms with Gasteiger partial charge in [-0.3, -0.25) is 0 Å². The monoisotopic (exact) mass is 264 g/mol. The van der Waals surface area contributed by atoms with Crippen LogP contribution in [0.3, 0.4) is 0 Å². The zero-order valence-corrected chi connectivity index (χ0v) is 12.3. The van der Waals surface area contributed by atoms with E-state index in [1.165, 1.54) is 31.0 Å². The number of benzene rings is 1. The third-order valence-electron chi connectivity index (χ3n) is 3.46. The van der Waals surface area contributed by atoms with Gasteiger partial charge in [0.1, 0.15) is 0 Å². The van der Waals surface area contributed by atoms with Crippen LogP contribution in [0.25, 0.3) is 0 Å². The second kappa shape index (κ2) is 6.48. The minimum Gasteiger partial charge on any atom is -0.384 e. The average molecular weight is 264 g/mol. The fourth-order valence-corrected chi connectivity index (χ4v) is 3.34. The highest BCUT2D eigenvalue weighted by atomic mass is 32.2. The molecule has 0 atom stereocenters. The van der Waals surface area contributed by atoms with Crippen molar-refractivity contribution < 1.29 is 0 Å². The molecular weight excluding hydrogens is 240 g/mol. The number of nitrogens with one attached hydrogen (secondary N) is 1. The van der Waals surface area contributed by atoms with Gasteiger partial charge in [-0.15, -0.1) is 0 Å². The molecule has 2 nitrogen and oxygen atoms in total. The summed E-state index contributed by atoms with van der Waals surface area (Å²) in [6.45, 7) is 9.37. The van der Waals surface area contributed by atoms with Crippen molar-refractivity contribution in [2.75, 3.05) is 37.2 Å². The van der Waals surface area contributed by atoms with E-state index in [0.29, 0.717) is 4.75 Å². The highest BCUT2D eigenvalue weighted by Crippen LogP contribution is 2.30. The average Bonchev–Trinajstić information content (AvgIpc) is 2.52. The van der Waals surface area contributed by atoms with Gasteiger partial charge in [0.25, 0.3) is 0 Å². The van der Waals surface area contributed by atoms with Crippen LogP contribution in [0.1, 0.15) is 20.3 Å². The lowest BCUT2D eigenvalue weighted by molar-refractivity contribution is 0.295. The van der Waals surface area contributed by atoms with Crippen LogP contribution in [0, 0.1) is 0 Å². The Kier molecular flexibility index (Phi) is 4.95. The SMILES string of the molecule is CC1(C)CCN(CCNc2ccccc2)CCS1. The zero-order chi connectivity index (χ0) is 12.8. The topological polar surface area (TPSA) is 15.3 Å². The van der Waals surface area contributed by atoms with Gasteiger partial charge in [-0.05, 0) is 25.1 Å². The maximum Gasteiger partial charge on any atom is 0.0340 e. The summed E-state index contributed by atoms with van der Waals surface area (Å²) in [5.74, 6) is 1.26. The van der Waals surface area contributed by atoms with E-state index in [9.17, 15) is 0 Å². The molecule has 1 aromatic rings. The van der Waals surface area contributed by atoms with E-state index >= 15 is 0 Å². The number of para-hydroxylation sites is 1. The summed E-state index contributed by atoms with van der Waals surface area (Å²) in [4.78, 5) is 2.58. The van der Waals surface area contributed by atoms with Crippen molar-refractivity contribution in [1.29, 1.82) is 0 Å². The first-order chi connectivity index (χ1) is 8.66. The number of hydrogen-bond donors (Lipinski definition) is 1. The second-order valence-corrected chi connectivity index (χ2v) is 7.29. The number of anilines is 1. The van der Waals surface area contributed by atoms with Crippen LogP contribution in [0.2, 0.25) is 0 Å². The Morgan fingerprint density at radius 2 is 2.00 bits per heavy atom. The third kappa shape index (κ3) is 4.54. The van der Waals surface area contributed by atoms with Crippen molar-refractivity contribution in [2.45, 2.75) is 25.0 Å². The number of nitrogens with zero attached hydrogens (tertiary/aromatic N) is 1. The number of thioether (sulfide) groups is 1. The Balaban J connectivity index is 1.71. The molecule has 1 heterocycles. The van der Waals surface area contributed by atoms with E-state index in [-0.39, 0.29) is 0 Å². The highest BCUT2D eigenvalue weighted by molar-refractivity contribution is 8.00. The van der Waals surface area contributed by atoms with Gasteiger partial charge in [-0.25, -0.2) is 0 Å². The van der Waals surface area contributed by atoms with Gasteiger partial charge in [-0.1, -0.05) is 32.0 Å². The highest BCUT2D eigenvalue weighted by Gasteiger charge is 2.23. The Morgan fingerprint density at radius 3 is 2.78 bits per heavy atom. The smallest absolute Gasteiger partial charge is 0.0340 e. The molecule has 100 valence electrons. The van der Waals surface area contributed by atoms with Gasteiger partial charge >= 0.3 is 0 Å². The zero-order valence-electron chi connectivity index (χ0n) is 11.5. The van der Waals surface area contributed by atoms with E-state index in [0.717, 1.165) is 13.1 Å². The van der Waals surface area contributed by atoms with Crippen molar-refractivity contribution in [3.8, 4) is 0 Å². The molecule has 0 amide bonds. The Labute approximate surface area is 115 Å². The van der Waals surface area contributed by atoms with Crippen molar-refractivity contribution in [2.24, 2.45) is 0 Å². The van der Waals surface area contributed by atoms with Crippen molar-refractivity contribution in [3.63, 3.8) is 0 Å². The van der Waals surface area contributed by atoms with Crippen LogP contribution in [0.4, 0.5) is 5.69 Å². The molecule has 1 fully saturated rings. The standard InChI is InChI=1S/C15H24N2S/c1-15(2)8-10-17(12-13-18-15)11-9-16-14-6-4-3-5-7-14/h3-7,16H,8-13H2,1-2H3. The van der Waals surface area contributed by atoms with Gasteiger partial charge in [-0.2, -0.15) is 11.8 Å². The number of rotatable bonds is 4. The first-order valence-corrected chi connectivity index (χ1v) is 7.79. The predicted octanol–water partition coefficient (Wildman–Crippen LogP) is 3.32. The quantitative estimate of drug-likeness (QED) is 0.898. The Bertz CT molecular complexity index is 351. The molecule has 0 aromatic heterocycles. The molecule has 0 aliphatic carbocycles. The van der Waals surface area contributed by atoms with Gasteiger partial charge < -0.3 is 10.2 Å². The summed E-state index contributed by atoms with van der Waals surface area (Å²) in [6, 6.07) is 10.5. The predicted molar refractivity (Wildman–Crippen MR) is 82.5 cm³/mol. The molecule has 1 aliphatic rings. The normalized spacial score (nSPS) is 20.3. The van der Waals surface area contributed by atoms with E-state index in [2.05, 4.69) is 66.2 Å². The summed E-state index contributed by atoms with van der Waals surface area (Å²) in [7, 11) is 0. The van der Waals surface area contributed by atoms with Gasteiger partial charge in [0.15, 0.2) is 0 Å². The second-order valence-electron chi connectivity index (χ2n) is 5.49. The van der Waals surface area contributed by atoms with Crippen molar-refractivity contribution in [3.05, 3.63) is 30.3 Å². The van der Waals surface area contributed by atoms with Crippen molar-refractivity contribution in [1.82, 2.24) is 4.90 Å². The van der Waals surface area contributed by atoms with Crippen LogP contribution in [0.5, 0.6) is 0 Å². The minimum atomic E-state index is 0.460. The molecular formula is C15H24N2S. The van der Waals surface area contributed by atoms with Crippen LogP contribution < -0.4 is 5.32 Å². The molecule has 0 bridgehead atoms. The molecule has 1 aliphatic heterocycles. The van der Waals surface area contributed by atoms with Crippen LogP contribution >= 0.6 is 11.8 Å². The molecule has 0 radical (unpaired) electrons. The first-order valence-electron chi connectivity index (χ1n) is 6.81. The minimum absolute atomic E-state index is 0.460. The van der Waals surface area contributed by atoms with Gasteiger partial charge in [0.2, 0.25) is 0 Å². The molecule has 1 saturated heterocycles. The lowest BCUT2D eigenvalue weighted by Gasteiger charge is -2.22. The molecule has 3 heteroatoms. The summed E-state index contributed by atoms with van der Waals surface area (Å²) in [5, 5.41) is 3.48. The van der Waals surface area contributed by atoms with Gasteiger partial charge in [0.05, 0.1) is 0 Å². The van der Waals surface area contributed by atoms with Crippen LogP contribution in [-0.2, 0) is 0 Å². The molecule has 0 unspecified atom stereocenters. The summed E-state index contributed by atoms with van der Waals surface area (Å²) in [6.07, 6.45) is 1.29. The van der Waals surface area contributed by atoms with Crippen LogP contribution in [-0.4, -0.2) is 41.6 Å². The fraction of sp³-hybridized carbons (Fsp3) is 0.600. The maximum absolute atomic E-state index is 3.48. The number of hydrogen-bond acceptors (Lipinski definition) is 3. The lowest BCUT2D eigenvalue weighted by atomic mass is 10.1. The molecule has 1 N–H and O–H groups in total. The van der Waals surface area contributed by atoms with E-state index < -0.39 is 0 Å². The summed E-state index contributed by atoms with van der Waals surface area (Å²) in [5.41, 5.74) is 1.22. The molecule has 1 aromatic carbocycles. The van der Waals surface area contributed by atoms with E-state index in [1.807, 2.05) is 0 Å². The van der Waals surface area contributed by atoms with E-state index in [4.69, 9.17) is 0 Å². The van der Waals surface area contributed by atoms with Crippen LogP contribution in [0.15, 0.2) is 30.3 Å². The van der Waals surface area contributed by atoms with Gasteiger partial charge in [0, 0.05) is 35.8 Å². The molecule has 0 spiro atoms. The van der Waals surface area contributed by atoms with Crippen molar-refractivity contribution >= 4 is 17.4 Å². The Hall–Kier alpha value is -0.670. The lowest BCUT2D eigenvalue weighted by Crippen LogP contribution is -2.31. The largest absolute Gasteiger partial charge is 0.384 e. The Morgan fingerprint density at radius 1 is 1.22 bits per heavy atom. The summed E-state index contributed by atoms with van der Waals surface area (Å²) < 4.78 is 0.460. The molecule has 2 rings (SSSR count). The molecule has 0 saturated carbocycles. The molecule has 18 heavy (non-hydrogen) atoms. The third-order valence-corrected chi connectivity index (χ3v) is 4.83. The van der Waals surface area contributed by atoms with E-state index in [1.54, 1.807) is 0 Å². The first kappa shape index (κ1) is 13.8. The maximum atomic E-state index is 3.48. The summed E-state index contributed by atoms with van der Waals surface area (Å²) >= 11 is 2.11. The fourth-order valence-electron chi connectivity index (χ4n) is 2.20.